The van der Waals surface area contributed by atoms with Crippen molar-refractivity contribution in [3.8, 4) is 0 Å². The summed E-state index contributed by atoms with van der Waals surface area (Å²) in [6.07, 6.45) is 0. The van der Waals surface area contributed by atoms with Gasteiger partial charge < -0.3 is 10.6 Å². The van der Waals surface area contributed by atoms with Gasteiger partial charge in [0.15, 0.2) is 0 Å². The van der Waals surface area contributed by atoms with Crippen LogP contribution in [0.15, 0.2) is 0 Å². The Morgan fingerprint density at radius 2 is 2.17 bits per heavy atom. The second kappa shape index (κ2) is 6.75. The molecule has 0 saturated heterocycles. The van der Waals surface area contributed by atoms with Crippen molar-refractivity contribution in [2.45, 2.75) is 46.8 Å². The number of aryl methyl sites for hydroxylation is 2. The average Bonchev–Trinajstić information content (AvgIpc) is 2.62. The highest BCUT2D eigenvalue weighted by Crippen LogP contribution is 2.20. The monoisotopic (exact) mass is 272 g/mol. The summed E-state index contributed by atoms with van der Waals surface area (Å²) in [7, 11) is 0. The summed E-state index contributed by atoms with van der Waals surface area (Å²) in [4.78, 5) is 11.6. The van der Waals surface area contributed by atoms with Crippen LogP contribution in [0.5, 0.6) is 0 Å². The lowest BCUT2D eigenvalue weighted by atomic mass is 10.3. The summed E-state index contributed by atoms with van der Waals surface area (Å²) < 4.78 is 1.86. The first-order chi connectivity index (χ1) is 8.51. The molecule has 18 heavy (non-hydrogen) atoms. The van der Waals surface area contributed by atoms with E-state index in [0.717, 1.165) is 17.9 Å². The Morgan fingerprint density at radius 1 is 1.50 bits per heavy atom. The lowest BCUT2D eigenvalue weighted by molar-refractivity contribution is -0.122. The molecule has 0 fully saturated rings. The fourth-order valence-corrected chi connectivity index (χ4v) is 1.91. The van der Waals surface area contributed by atoms with Gasteiger partial charge in [-0.25, -0.2) is 0 Å². The molecule has 0 spiro atoms. The van der Waals surface area contributed by atoms with E-state index in [9.17, 15) is 4.79 Å². The molecule has 5 nitrogen and oxygen atoms in total. The number of likely N-dealkylation sites (N-methyl/N-ethyl adjacent to an activating group) is 1. The van der Waals surface area contributed by atoms with Gasteiger partial charge in [0.25, 0.3) is 0 Å². The van der Waals surface area contributed by atoms with Crippen molar-refractivity contribution in [3.05, 3.63) is 16.4 Å². The molecule has 1 atom stereocenters. The minimum absolute atomic E-state index is 0.00657. The summed E-state index contributed by atoms with van der Waals surface area (Å²) in [5.74, 6) is -0.00657. The molecule has 102 valence electrons. The Hall–Kier alpha value is -1.07. The first-order valence-corrected chi connectivity index (χ1v) is 6.61. The van der Waals surface area contributed by atoms with Gasteiger partial charge in [0.1, 0.15) is 0 Å². The van der Waals surface area contributed by atoms with Gasteiger partial charge in [-0.1, -0.05) is 11.6 Å². The van der Waals surface area contributed by atoms with Gasteiger partial charge in [0.2, 0.25) is 5.91 Å². The molecule has 0 aromatic carbocycles. The van der Waals surface area contributed by atoms with Gasteiger partial charge in [-0.3, -0.25) is 9.48 Å². The van der Waals surface area contributed by atoms with Crippen LogP contribution in [0.3, 0.4) is 0 Å². The standard InChI is InChI=1S/C12H21ClN4O/c1-5-14-12(18)9(4)15-7-10-11(13)8(3)16-17(10)6-2/h9,15H,5-7H2,1-4H3,(H,14,18). The minimum Gasteiger partial charge on any atom is -0.355 e. The van der Waals surface area contributed by atoms with Crippen LogP contribution in [0.2, 0.25) is 5.02 Å². The Bertz CT molecular complexity index is 416. The third-order valence-electron chi connectivity index (χ3n) is 2.77. The highest BCUT2D eigenvalue weighted by Gasteiger charge is 2.15. The number of hydrogen-bond acceptors (Lipinski definition) is 3. The maximum Gasteiger partial charge on any atom is 0.236 e. The highest BCUT2D eigenvalue weighted by atomic mass is 35.5. The van der Waals surface area contributed by atoms with Crippen molar-refractivity contribution >= 4 is 17.5 Å². The number of carbonyl (C=O) groups is 1. The third kappa shape index (κ3) is 3.46. The number of aromatic nitrogens is 2. The van der Waals surface area contributed by atoms with Gasteiger partial charge in [0.05, 0.1) is 22.5 Å². The van der Waals surface area contributed by atoms with E-state index in [1.54, 1.807) is 0 Å². The van der Waals surface area contributed by atoms with Crippen LogP contribution in [0.4, 0.5) is 0 Å². The first-order valence-electron chi connectivity index (χ1n) is 6.24. The summed E-state index contributed by atoms with van der Waals surface area (Å²) in [6, 6.07) is -0.249. The molecular formula is C12H21ClN4O. The van der Waals surface area contributed by atoms with E-state index in [1.165, 1.54) is 0 Å². The molecule has 1 aromatic heterocycles. The molecule has 0 aliphatic carbocycles. The van der Waals surface area contributed by atoms with Crippen molar-refractivity contribution in [2.75, 3.05) is 6.54 Å². The molecule has 0 aliphatic rings. The van der Waals surface area contributed by atoms with Gasteiger partial charge >= 0.3 is 0 Å². The predicted molar refractivity (Wildman–Crippen MR) is 72.6 cm³/mol. The smallest absolute Gasteiger partial charge is 0.236 e. The molecule has 0 radical (unpaired) electrons. The van der Waals surface area contributed by atoms with Crippen LogP contribution in [0.25, 0.3) is 0 Å². The Labute approximate surface area is 113 Å². The Morgan fingerprint density at radius 3 is 2.72 bits per heavy atom. The van der Waals surface area contributed by atoms with E-state index in [-0.39, 0.29) is 11.9 Å². The van der Waals surface area contributed by atoms with Gasteiger partial charge in [-0.2, -0.15) is 5.10 Å². The Kier molecular flexibility index (Phi) is 5.62. The SMILES string of the molecule is CCNC(=O)C(C)NCc1c(Cl)c(C)nn1CC. The van der Waals surface area contributed by atoms with E-state index in [0.29, 0.717) is 18.1 Å². The maximum atomic E-state index is 11.6. The molecule has 0 saturated carbocycles. The number of nitrogens with one attached hydrogen (secondary N) is 2. The van der Waals surface area contributed by atoms with Crippen molar-refractivity contribution in [3.63, 3.8) is 0 Å². The van der Waals surface area contributed by atoms with E-state index < -0.39 is 0 Å². The number of halogens is 1. The molecule has 1 unspecified atom stereocenters. The second-order valence-electron chi connectivity index (χ2n) is 4.16. The number of hydrogen-bond donors (Lipinski definition) is 2. The summed E-state index contributed by atoms with van der Waals surface area (Å²) in [5.41, 5.74) is 1.74. The van der Waals surface area contributed by atoms with Crippen molar-refractivity contribution in [1.29, 1.82) is 0 Å². The van der Waals surface area contributed by atoms with Crippen LogP contribution in [0, 0.1) is 6.92 Å². The topological polar surface area (TPSA) is 59.0 Å². The summed E-state index contributed by atoms with van der Waals surface area (Å²) in [5, 5.41) is 10.9. The molecule has 1 rings (SSSR count). The predicted octanol–water partition coefficient (Wildman–Crippen LogP) is 1.48. The molecule has 0 aliphatic heterocycles. The zero-order chi connectivity index (χ0) is 13.7. The van der Waals surface area contributed by atoms with E-state index in [1.807, 2.05) is 32.4 Å². The largest absolute Gasteiger partial charge is 0.355 e. The van der Waals surface area contributed by atoms with E-state index >= 15 is 0 Å². The fraction of sp³-hybridized carbons (Fsp3) is 0.667. The third-order valence-corrected chi connectivity index (χ3v) is 3.26. The molecule has 0 bridgehead atoms. The number of amides is 1. The first kappa shape index (κ1) is 15.0. The molecule has 2 N–H and O–H groups in total. The highest BCUT2D eigenvalue weighted by molar-refractivity contribution is 6.31. The average molecular weight is 273 g/mol. The summed E-state index contributed by atoms with van der Waals surface area (Å²) >= 11 is 6.19. The molecular weight excluding hydrogens is 252 g/mol. The van der Waals surface area contributed by atoms with Gasteiger partial charge in [-0.05, 0) is 27.7 Å². The Balaban J connectivity index is 2.66. The second-order valence-corrected chi connectivity index (χ2v) is 4.54. The van der Waals surface area contributed by atoms with Crippen LogP contribution < -0.4 is 10.6 Å². The minimum atomic E-state index is -0.249. The number of carbonyl (C=O) groups excluding carboxylic acids is 1. The van der Waals surface area contributed by atoms with Crippen molar-refractivity contribution in [1.82, 2.24) is 20.4 Å². The van der Waals surface area contributed by atoms with Gasteiger partial charge in [-0.15, -0.1) is 0 Å². The zero-order valence-electron chi connectivity index (χ0n) is 11.4. The molecule has 1 amide bonds. The molecule has 6 heteroatoms. The lowest BCUT2D eigenvalue weighted by Crippen LogP contribution is -2.42. The normalized spacial score (nSPS) is 12.5. The maximum absolute atomic E-state index is 11.6. The zero-order valence-corrected chi connectivity index (χ0v) is 12.1. The van der Waals surface area contributed by atoms with Crippen LogP contribution in [-0.2, 0) is 17.9 Å². The van der Waals surface area contributed by atoms with Gasteiger partial charge in [0, 0.05) is 19.6 Å². The number of nitrogens with zero attached hydrogens (tertiary/aromatic N) is 2. The van der Waals surface area contributed by atoms with Crippen LogP contribution in [-0.4, -0.2) is 28.3 Å². The van der Waals surface area contributed by atoms with Crippen molar-refractivity contribution in [2.24, 2.45) is 0 Å². The van der Waals surface area contributed by atoms with Crippen LogP contribution >= 0.6 is 11.6 Å². The van der Waals surface area contributed by atoms with Crippen molar-refractivity contribution < 1.29 is 4.79 Å². The molecule has 1 heterocycles. The quantitative estimate of drug-likeness (QED) is 0.825. The van der Waals surface area contributed by atoms with E-state index in [2.05, 4.69) is 15.7 Å². The number of rotatable bonds is 6. The van der Waals surface area contributed by atoms with E-state index in [4.69, 9.17) is 11.6 Å². The lowest BCUT2D eigenvalue weighted by Gasteiger charge is -2.14. The molecule has 1 aromatic rings. The fourth-order valence-electron chi connectivity index (χ4n) is 1.71. The van der Waals surface area contributed by atoms with Crippen LogP contribution in [0.1, 0.15) is 32.2 Å². The summed E-state index contributed by atoms with van der Waals surface area (Å²) in [6.45, 7) is 9.56.